The first-order chi connectivity index (χ1) is 9.24. The van der Waals surface area contributed by atoms with E-state index < -0.39 is 5.60 Å². The molecule has 1 rings (SSSR count). The minimum Gasteiger partial charge on any atom is -0.444 e. The van der Waals surface area contributed by atoms with Gasteiger partial charge in [0.05, 0.1) is 0 Å². The summed E-state index contributed by atoms with van der Waals surface area (Å²) in [6, 6.07) is 0. The zero-order valence-electron chi connectivity index (χ0n) is 13.3. The second kappa shape index (κ2) is 7.07. The number of methoxy groups -OCH3 is 1. The van der Waals surface area contributed by atoms with Crippen LogP contribution in [0.15, 0.2) is 0 Å². The number of carbonyl (C=O) groups is 2. The fraction of sp³-hybridized carbons (Fsp3) is 0.867. The van der Waals surface area contributed by atoms with Gasteiger partial charge in [0.25, 0.3) is 0 Å². The van der Waals surface area contributed by atoms with E-state index in [1.165, 1.54) is 0 Å². The molecule has 0 aromatic rings. The molecule has 0 aromatic carbocycles. The zero-order valence-corrected chi connectivity index (χ0v) is 13.3. The zero-order chi connectivity index (χ0) is 15.3. The molecule has 1 aliphatic heterocycles. The van der Waals surface area contributed by atoms with Crippen molar-refractivity contribution in [1.29, 1.82) is 0 Å². The lowest BCUT2D eigenvalue weighted by Crippen LogP contribution is -2.36. The van der Waals surface area contributed by atoms with Crippen molar-refractivity contribution >= 4 is 11.9 Å². The van der Waals surface area contributed by atoms with Crippen LogP contribution in [0.3, 0.4) is 0 Å². The second-order valence-corrected chi connectivity index (χ2v) is 6.50. The minimum atomic E-state index is -0.495. The van der Waals surface area contributed by atoms with E-state index in [1.807, 2.05) is 27.7 Å². The fourth-order valence-electron chi connectivity index (χ4n) is 2.32. The van der Waals surface area contributed by atoms with E-state index in [-0.39, 0.29) is 23.7 Å². The highest BCUT2D eigenvalue weighted by molar-refractivity contribution is 5.84. The molecule has 0 N–H and O–H groups in total. The Morgan fingerprint density at radius 1 is 1.35 bits per heavy atom. The van der Waals surface area contributed by atoms with Gasteiger partial charge in [0, 0.05) is 38.6 Å². The maximum atomic E-state index is 12.3. The topological polar surface area (TPSA) is 55.8 Å². The number of nitrogens with zero attached hydrogens (tertiary/aromatic N) is 1. The Balaban J connectivity index is 2.46. The number of Topliss-reactive ketones (excluding diaryl/α,β-unsaturated/α-hetero) is 1. The molecular formula is C15H27NO4. The third kappa shape index (κ3) is 5.12. The molecular weight excluding hydrogens is 258 g/mol. The number of hydrogen-bond acceptors (Lipinski definition) is 4. The largest absolute Gasteiger partial charge is 0.444 e. The minimum absolute atomic E-state index is 0.0152. The molecule has 0 radical (unpaired) electrons. The Kier molecular flexibility index (Phi) is 5.99. The van der Waals surface area contributed by atoms with Crippen LogP contribution in [0.25, 0.3) is 0 Å². The highest BCUT2D eigenvalue weighted by Gasteiger charge is 2.34. The average Bonchev–Trinajstić information content (AvgIpc) is 2.82. The van der Waals surface area contributed by atoms with Crippen molar-refractivity contribution in [2.75, 3.05) is 26.8 Å². The number of amides is 1. The van der Waals surface area contributed by atoms with Gasteiger partial charge in [0.15, 0.2) is 0 Å². The first-order valence-corrected chi connectivity index (χ1v) is 7.25. The van der Waals surface area contributed by atoms with E-state index in [0.717, 1.165) is 12.8 Å². The van der Waals surface area contributed by atoms with E-state index in [9.17, 15) is 9.59 Å². The molecule has 0 bridgehead atoms. The van der Waals surface area contributed by atoms with Gasteiger partial charge in [-0.05, 0) is 33.6 Å². The summed E-state index contributed by atoms with van der Waals surface area (Å²) in [5, 5.41) is 0. The van der Waals surface area contributed by atoms with Crippen LogP contribution >= 0.6 is 0 Å². The highest BCUT2D eigenvalue weighted by Crippen LogP contribution is 2.23. The summed E-state index contributed by atoms with van der Waals surface area (Å²) in [6.07, 6.45) is 1.14. The van der Waals surface area contributed by atoms with Gasteiger partial charge in [-0.15, -0.1) is 0 Å². The van der Waals surface area contributed by atoms with Gasteiger partial charge in [0.2, 0.25) is 0 Å². The van der Waals surface area contributed by atoms with Gasteiger partial charge < -0.3 is 14.4 Å². The summed E-state index contributed by atoms with van der Waals surface area (Å²) >= 11 is 0. The monoisotopic (exact) mass is 285 g/mol. The van der Waals surface area contributed by atoms with Crippen LogP contribution in [0.1, 0.15) is 40.5 Å². The summed E-state index contributed by atoms with van der Waals surface area (Å²) in [7, 11) is 1.64. The molecule has 116 valence electrons. The SMILES string of the molecule is COCCC(C)C(=O)C1CCN(C(=O)OC(C)(C)C)C1. The smallest absolute Gasteiger partial charge is 0.410 e. The molecule has 0 aliphatic carbocycles. The van der Waals surface area contributed by atoms with Gasteiger partial charge in [-0.2, -0.15) is 0 Å². The van der Waals surface area contributed by atoms with Crippen molar-refractivity contribution in [2.24, 2.45) is 11.8 Å². The number of likely N-dealkylation sites (tertiary alicyclic amines) is 1. The Bertz CT molecular complexity index is 348. The molecule has 2 atom stereocenters. The Morgan fingerprint density at radius 3 is 2.55 bits per heavy atom. The van der Waals surface area contributed by atoms with Crippen LogP contribution in [0, 0.1) is 11.8 Å². The molecule has 5 heteroatoms. The van der Waals surface area contributed by atoms with E-state index in [1.54, 1.807) is 12.0 Å². The summed E-state index contributed by atoms with van der Waals surface area (Å²) in [5.74, 6) is 0.154. The number of ketones is 1. The lowest BCUT2D eigenvalue weighted by atomic mass is 9.91. The van der Waals surface area contributed by atoms with Crippen molar-refractivity contribution in [3.05, 3.63) is 0 Å². The van der Waals surface area contributed by atoms with Crippen LogP contribution in [0.5, 0.6) is 0 Å². The Labute approximate surface area is 121 Å². The molecule has 0 spiro atoms. The number of rotatable bonds is 5. The van der Waals surface area contributed by atoms with Crippen molar-refractivity contribution in [3.63, 3.8) is 0 Å². The quantitative estimate of drug-likeness (QED) is 0.778. The summed E-state index contributed by atoms with van der Waals surface area (Å²) in [5.41, 5.74) is -0.495. The lowest BCUT2D eigenvalue weighted by Gasteiger charge is -2.24. The molecule has 2 unspecified atom stereocenters. The Hall–Kier alpha value is -1.10. The predicted octanol–water partition coefficient (Wildman–Crippen LogP) is 2.49. The molecule has 1 heterocycles. The first kappa shape index (κ1) is 17.0. The number of hydrogen-bond donors (Lipinski definition) is 0. The van der Waals surface area contributed by atoms with Crippen molar-refractivity contribution in [1.82, 2.24) is 4.90 Å². The van der Waals surface area contributed by atoms with E-state index in [0.29, 0.717) is 19.7 Å². The third-order valence-electron chi connectivity index (χ3n) is 3.48. The second-order valence-electron chi connectivity index (χ2n) is 6.50. The highest BCUT2D eigenvalue weighted by atomic mass is 16.6. The van der Waals surface area contributed by atoms with Crippen molar-refractivity contribution in [2.45, 2.75) is 46.1 Å². The van der Waals surface area contributed by atoms with Crippen LogP contribution in [0.4, 0.5) is 4.79 Å². The van der Waals surface area contributed by atoms with Gasteiger partial charge in [-0.3, -0.25) is 4.79 Å². The fourth-order valence-corrected chi connectivity index (χ4v) is 2.32. The summed E-state index contributed by atoms with van der Waals surface area (Å²) in [6.45, 7) is 9.13. The lowest BCUT2D eigenvalue weighted by molar-refractivity contribution is -0.126. The number of carbonyl (C=O) groups excluding carboxylic acids is 2. The average molecular weight is 285 g/mol. The molecule has 1 aliphatic rings. The molecule has 1 saturated heterocycles. The van der Waals surface area contributed by atoms with Gasteiger partial charge in [-0.25, -0.2) is 4.79 Å². The van der Waals surface area contributed by atoms with Crippen molar-refractivity contribution < 1.29 is 19.1 Å². The molecule has 1 fully saturated rings. The summed E-state index contributed by atoms with van der Waals surface area (Å²) < 4.78 is 10.3. The van der Waals surface area contributed by atoms with Crippen LogP contribution in [-0.4, -0.2) is 49.2 Å². The first-order valence-electron chi connectivity index (χ1n) is 7.25. The van der Waals surface area contributed by atoms with Gasteiger partial charge in [0.1, 0.15) is 11.4 Å². The van der Waals surface area contributed by atoms with Crippen LogP contribution in [0.2, 0.25) is 0 Å². The number of ether oxygens (including phenoxy) is 2. The molecule has 0 aromatic heterocycles. The predicted molar refractivity (Wildman–Crippen MR) is 76.6 cm³/mol. The molecule has 5 nitrogen and oxygen atoms in total. The van der Waals surface area contributed by atoms with Crippen molar-refractivity contribution in [3.8, 4) is 0 Å². The van der Waals surface area contributed by atoms with Crippen LogP contribution in [-0.2, 0) is 14.3 Å². The molecule has 20 heavy (non-hydrogen) atoms. The van der Waals surface area contributed by atoms with E-state index in [2.05, 4.69) is 0 Å². The molecule has 1 amide bonds. The van der Waals surface area contributed by atoms with E-state index >= 15 is 0 Å². The summed E-state index contributed by atoms with van der Waals surface area (Å²) in [4.78, 5) is 25.8. The third-order valence-corrected chi connectivity index (χ3v) is 3.48. The van der Waals surface area contributed by atoms with Gasteiger partial charge in [-0.1, -0.05) is 6.92 Å². The van der Waals surface area contributed by atoms with E-state index in [4.69, 9.17) is 9.47 Å². The normalized spacial score (nSPS) is 20.9. The Morgan fingerprint density at radius 2 is 2.00 bits per heavy atom. The maximum Gasteiger partial charge on any atom is 0.410 e. The standard InChI is InChI=1S/C15H27NO4/c1-11(7-9-19-5)13(17)12-6-8-16(10-12)14(18)20-15(2,3)4/h11-12H,6-10H2,1-5H3. The van der Waals surface area contributed by atoms with Gasteiger partial charge >= 0.3 is 6.09 Å². The molecule has 0 saturated carbocycles. The maximum absolute atomic E-state index is 12.3. The van der Waals surface area contributed by atoms with Crippen LogP contribution < -0.4 is 0 Å².